The van der Waals surface area contributed by atoms with Crippen LogP contribution in [0.4, 0.5) is 5.69 Å². The molecule has 0 saturated carbocycles. The summed E-state index contributed by atoms with van der Waals surface area (Å²) in [5.41, 5.74) is 7.12. The summed E-state index contributed by atoms with van der Waals surface area (Å²) in [4.78, 5) is 12.0. The Morgan fingerprint density at radius 3 is 2.42 bits per heavy atom. The smallest absolute Gasteiger partial charge is 0.255 e. The molecule has 0 heterocycles. The Hall–Kier alpha value is -2.82. The third-order valence-electron chi connectivity index (χ3n) is 2.56. The molecule has 4 N–H and O–H groups in total. The van der Waals surface area contributed by atoms with Crippen LogP contribution >= 0.6 is 0 Å². The number of amidine groups is 1. The van der Waals surface area contributed by atoms with Crippen molar-refractivity contribution < 1.29 is 10.0 Å². The molecule has 0 bridgehead atoms. The van der Waals surface area contributed by atoms with E-state index in [2.05, 4.69) is 10.5 Å². The third-order valence-corrected chi connectivity index (χ3v) is 2.56. The lowest BCUT2D eigenvalue weighted by Crippen LogP contribution is -2.16. The van der Waals surface area contributed by atoms with Crippen molar-refractivity contribution in [3.05, 3.63) is 65.7 Å². The monoisotopic (exact) mass is 255 g/mol. The van der Waals surface area contributed by atoms with E-state index in [-0.39, 0.29) is 11.7 Å². The molecular weight excluding hydrogens is 242 g/mol. The molecule has 19 heavy (non-hydrogen) atoms. The van der Waals surface area contributed by atoms with E-state index in [0.717, 1.165) is 0 Å². The normalized spacial score (nSPS) is 11.1. The van der Waals surface area contributed by atoms with Crippen LogP contribution < -0.4 is 11.1 Å². The van der Waals surface area contributed by atoms with Crippen molar-refractivity contribution in [2.75, 3.05) is 5.32 Å². The molecule has 0 saturated heterocycles. The van der Waals surface area contributed by atoms with Gasteiger partial charge in [0.15, 0.2) is 5.84 Å². The number of anilines is 1. The summed E-state index contributed by atoms with van der Waals surface area (Å²) in [6.07, 6.45) is 0. The SMILES string of the molecule is N/C(=N\O)c1cccc(C(=O)Nc2ccccc2)c1. The predicted molar refractivity (Wildman–Crippen MR) is 73.3 cm³/mol. The summed E-state index contributed by atoms with van der Waals surface area (Å²) < 4.78 is 0. The molecule has 0 radical (unpaired) electrons. The van der Waals surface area contributed by atoms with Gasteiger partial charge in [0, 0.05) is 16.8 Å². The molecule has 5 heteroatoms. The zero-order chi connectivity index (χ0) is 13.7. The summed E-state index contributed by atoms with van der Waals surface area (Å²) in [6.45, 7) is 0. The molecule has 2 rings (SSSR count). The van der Waals surface area contributed by atoms with Gasteiger partial charge in [0.1, 0.15) is 0 Å². The van der Waals surface area contributed by atoms with E-state index < -0.39 is 0 Å². The molecular formula is C14H13N3O2. The minimum atomic E-state index is -0.251. The van der Waals surface area contributed by atoms with Gasteiger partial charge >= 0.3 is 0 Å². The van der Waals surface area contributed by atoms with Gasteiger partial charge in [-0.2, -0.15) is 0 Å². The van der Waals surface area contributed by atoms with Gasteiger partial charge in [0.25, 0.3) is 5.91 Å². The summed E-state index contributed by atoms with van der Waals surface area (Å²) >= 11 is 0. The van der Waals surface area contributed by atoms with Crippen molar-refractivity contribution in [1.29, 1.82) is 0 Å². The fraction of sp³-hybridized carbons (Fsp3) is 0. The summed E-state index contributed by atoms with van der Waals surface area (Å²) in [5, 5.41) is 14.3. The van der Waals surface area contributed by atoms with Gasteiger partial charge in [-0.05, 0) is 24.3 Å². The molecule has 0 spiro atoms. The molecule has 0 aliphatic carbocycles. The van der Waals surface area contributed by atoms with Gasteiger partial charge in [0.05, 0.1) is 0 Å². The highest BCUT2D eigenvalue weighted by Crippen LogP contribution is 2.10. The minimum absolute atomic E-state index is 0.0330. The molecule has 0 fully saturated rings. The lowest BCUT2D eigenvalue weighted by molar-refractivity contribution is 0.102. The zero-order valence-electron chi connectivity index (χ0n) is 10.1. The van der Waals surface area contributed by atoms with Crippen molar-refractivity contribution in [2.24, 2.45) is 10.9 Å². The fourth-order valence-corrected chi connectivity index (χ4v) is 1.60. The Morgan fingerprint density at radius 1 is 1.05 bits per heavy atom. The van der Waals surface area contributed by atoms with Crippen LogP contribution in [0.25, 0.3) is 0 Å². The summed E-state index contributed by atoms with van der Waals surface area (Å²) in [6, 6.07) is 15.7. The number of nitrogens with zero attached hydrogens (tertiary/aromatic N) is 1. The Labute approximate surface area is 110 Å². The van der Waals surface area contributed by atoms with Crippen LogP contribution in [0.5, 0.6) is 0 Å². The van der Waals surface area contributed by atoms with Gasteiger partial charge in [-0.25, -0.2) is 0 Å². The van der Waals surface area contributed by atoms with E-state index >= 15 is 0 Å². The maximum atomic E-state index is 12.0. The number of carbonyl (C=O) groups excluding carboxylic acids is 1. The topological polar surface area (TPSA) is 87.7 Å². The second-order valence-corrected chi connectivity index (χ2v) is 3.89. The lowest BCUT2D eigenvalue weighted by atomic mass is 10.1. The van der Waals surface area contributed by atoms with Crippen LogP contribution in [0, 0.1) is 0 Å². The van der Waals surface area contributed by atoms with E-state index in [4.69, 9.17) is 10.9 Å². The van der Waals surface area contributed by atoms with E-state index in [1.54, 1.807) is 36.4 Å². The molecule has 5 nitrogen and oxygen atoms in total. The average Bonchev–Trinajstić information content (AvgIpc) is 2.47. The number of rotatable bonds is 3. The van der Waals surface area contributed by atoms with Crippen LogP contribution in [0.15, 0.2) is 59.8 Å². The van der Waals surface area contributed by atoms with Crippen molar-refractivity contribution in [3.63, 3.8) is 0 Å². The number of nitrogens with one attached hydrogen (secondary N) is 1. The van der Waals surface area contributed by atoms with Crippen LogP contribution in [0.3, 0.4) is 0 Å². The first-order valence-corrected chi connectivity index (χ1v) is 5.65. The van der Waals surface area contributed by atoms with E-state index in [1.807, 2.05) is 18.2 Å². The molecule has 2 aromatic carbocycles. The first kappa shape index (κ1) is 12.6. The number of nitrogens with two attached hydrogens (primary N) is 1. The van der Waals surface area contributed by atoms with Gasteiger partial charge in [-0.1, -0.05) is 35.5 Å². The minimum Gasteiger partial charge on any atom is -0.409 e. The lowest BCUT2D eigenvalue weighted by Gasteiger charge is -2.06. The predicted octanol–water partition coefficient (Wildman–Crippen LogP) is 2.03. The van der Waals surface area contributed by atoms with Gasteiger partial charge in [0.2, 0.25) is 0 Å². The molecule has 0 aliphatic heterocycles. The fourth-order valence-electron chi connectivity index (χ4n) is 1.60. The van der Waals surface area contributed by atoms with E-state index in [0.29, 0.717) is 16.8 Å². The van der Waals surface area contributed by atoms with Crippen LogP contribution in [-0.2, 0) is 0 Å². The van der Waals surface area contributed by atoms with Gasteiger partial charge in [-0.15, -0.1) is 0 Å². The summed E-state index contributed by atoms with van der Waals surface area (Å²) in [5.74, 6) is -0.284. The van der Waals surface area contributed by atoms with Crippen molar-refractivity contribution in [3.8, 4) is 0 Å². The molecule has 0 aromatic heterocycles. The van der Waals surface area contributed by atoms with Gasteiger partial charge in [-0.3, -0.25) is 4.79 Å². The zero-order valence-corrected chi connectivity index (χ0v) is 10.1. The van der Waals surface area contributed by atoms with Crippen LogP contribution in [0.1, 0.15) is 15.9 Å². The summed E-state index contributed by atoms with van der Waals surface area (Å²) in [7, 11) is 0. The van der Waals surface area contributed by atoms with Crippen LogP contribution in [0.2, 0.25) is 0 Å². The highest BCUT2D eigenvalue weighted by molar-refractivity contribution is 6.06. The number of para-hydroxylation sites is 1. The number of hydrogen-bond donors (Lipinski definition) is 3. The van der Waals surface area contributed by atoms with Crippen molar-refractivity contribution >= 4 is 17.4 Å². The quantitative estimate of drug-likeness (QED) is 0.339. The van der Waals surface area contributed by atoms with Crippen molar-refractivity contribution in [2.45, 2.75) is 0 Å². The number of hydrogen-bond acceptors (Lipinski definition) is 3. The Bertz CT molecular complexity index is 609. The molecule has 1 amide bonds. The number of carbonyl (C=O) groups is 1. The highest BCUT2D eigenvalue weighted by atomic mass is 16.4. The number of benzene rings is 2. The molecule has 0 unspecified atom stereocenters. The third kappa shape index (κ3) is 3.10. The maximum Gasteiger partial charge on any atom is 0.255 e. The Kier molecular flexibility index (Phi) is 3.78. The number of oxime groups is 1. The largest absolute Gasteiger partial charge is 0.409 e. The van der Waals surface area contributed by atoms with Gasteiger partial charge < -0.3 is 16.3 Å². The molecule has 0 atom stereocenters. The van der Waals surface area contributed by atoms with Crippen LogP contribution in [-0.4, -0.2) is 17.0 Å². The molecule has 2 aromatic rings. The Balaban J connectivity index is 2.20. The van der Waals surface area contributed by atoms with E-state index in [1.165, 1.54) is 0 Å². The molecule has 96 valence electrons. The highest BCUT2D eigenvalue weighted by Gasteiger charge is 2.08. The first-order chi connectivity index (χ1) is 9.20. The second kappa shape index (κ2) is 5.68. The maximum absolute atomic E-state index is 12.0. The second-order valence-electron chi connectivity index (χ2n) is 3.89. The average molecular weight is 255 g/mol. The van der Waals surface area contributed by atoms with Crippen molar-refractivity contribution in [1.82, 2.24) is 0 Å². The molecule has 0 aliphatic rings. The number of amides is 1. The first-order valence-electron chi connectivity index (χ1n) is 5.65. The standard InChI is InChI=1S/C14H13N3O2/c15-13(17-19)10-5-4-6-11(9-10)14(18)16-12-7-2-1-3-8-12/h1-9,19H,(H2,15,17)(H,16,18). The van der Waals surface area contributed by atoms with E-state index in [9.17, 15) is 4.79 Å². The Morgan fingerprint density at radius 2 is 1.74 bits per heavy atom.